The summed E-state index contributed by atoms with van der Waals surface area (Å²) in [5.74, 6) is 1.05. The van der Waals surface area contributed by atoms with Gasteiger partial charge in [0, 0.05) is 4.90 Å². The second kappa shape index (κ2) is 7.69. The van der Waals surface area contributed by atoms with Gasteiger partial charge in [-0.3, -0.25) is 0 Å². The number of esters is 1. The van der Waals surface area contributed by atoms with Crippen LogP contribution in [0, 0.1) is 6.92 Å². The zero-order valence-corrected chi connectivity index (χ0v) is 18.3. The van der Waals surface area contributed by atoms with Crippen molar-refractivity contribution in [2.75, 3.05) is 7.11 Å². The molecular formula is C18H30O2SSi. The van der Waals surface area contributed by atoms with Crippen LogP contribution in [0.25, 0.3) is 0 Å². The van der Waals surface area contributed by atoms with E-state index in [1.54, 1.807) is 11.2 Å². The molecule has 0 bridgehead atoms. The number of hydrogen-bond acceptors (Lipinski definition) is 3. The molecule has 0 aliphatic rings. The Labute approximate surface area is 142 Å². The van der Waals surface area contributed by atoms with Crippen molar-refractivity contribution in [1.29, 1.82) is 0 Å². The zero-order chi connectivity index (χ0) is 17.2. The van der Waals surface area contributed by atoms with E-state index < -0.39 is 0 Å². The van der Waals surface area contributed by atoms with Crippen LogP contribution in [0.5, 0.6) is 0 Å². The van der Waals surface area contributed by atoms with Gasteiger partial charge in [-0.2, -0.15) is 11.2 Å². The Hall–Kier alpha value is -0.743. The Morgan fingerprint density at radius 2 is 1.41 bits per heavy atom. The van der Waals surface area contributed by atoms with Gasteiger partial charge in [-0.1, -0.05) is 41.5 Å². The molecule has 0 aliphatic heterocycles. The highest BCUT2D eigenvalue weighted by Gasteiger charge is 2.28. The van der Waals surface area contributed by atoms with E-state index in [9.17, 15) is 4.79 Å². The van der Waals surface area contributed by atoms with Crippen LogP contribution >= 0.6 is 11.2 Å². The van der Waals surface area contributed by atoms with Gasteiger partial charge in [0.1, 0.15) is 0 Å². The molecule has 0 saturated heterocycles. The maximum Gasteiger partial charge on any atom is 0.339 e. The number of rotatable bonds is 5. The second-order valence-electron chi connectivity index (χ2n) is 6.73. The average molecular weight is 339 g/mol. The Balaban J connectivity index is 4.02. The highest BCUT2D eigenvalue weighted by molar-refractivity contribution is 8.19. The van der Waals surface area contributed by atoms with E-state index in [2.05, 4.69) is 48.5 Å². The molecule has 0 heterocycles. The van der Waals surface area contributed by atoms with Crippen molar-refractivity contribution >= 4 is 26.6 Å². The highest BCUT2D eigenvalue weighted by atomic mass is 32.4. The van der Waals surface area contributed by atoms with E-state index in [1.807, 2.05) is 0 Å². The topological polar surface area (TPSA) is 26.3 Å². The van der Waals surface area contributed by atoms with E-state index in [1.165, 1.54) is 23.8 Å². The summed E-state index contributed by atoms with van der Waals surface area (Å²) in [5, 5.41) is 0. The number of carbonyl (C=O) groups is 1. The molecule has 0 aromatic heterocycles. The summed E-state index contributed by atoms with van der Waals surface area (Å²) >= 11 is 1.80. The highest BCUT2D eigenvalue weighted by Crippen LogP contribution is 2.43. The van der Waals surface area contributed by atoms with E-state index in [4.69, 9.17) is 4.74 Å². The van der Waals surface area contributed by atoms with Crippen LogP contribution in [0.4, 0.5) is 0 Å². The summed E-state index contributed by atoms with van der Waals surface area (Å²) < 4.78 is 5.09. The lowest BCUT2D eigenvalue weighted by Crippen LogP contribution is -2.16. The monoisotopic (exact) mass is 338 g/mol. The van der Waals surface area contributed by atoms with Gasteiger partial charge < -0.3 is 4.74 Å². The Kier molecular flexibility index (Phi) is 6.75. The van der Waals surface area contributed by atoms with Gasteiger partial charge in [-0.05, 0) is 46.9 Å². The number of ether oxygens (including phenoxy) is 1. The van der Waals surface area contributed by atoms with Gasteiger partial charge in [0.2, 0.25) is 0 Å². The van der Waals surface area contributed by atoms with Crippen LogP contribution in [0.15, 0.2) is 4.90 Å². The number of carbonyl (C=O) groups excluding carboxylic acids is 1. The standard InChI is InChI=1S/C18H30O2SSi/c1-9(2)13-12(7)16(18(19)20-8)17(21-22)15(11(5)6)14(13)10(3)4/h9-11H,1-8,22H3. The van der Waals surface area contributed by atoms with Crippen LogP contribution in [-0.4, -0.2) is 22.5 Å². The van der Waals surface area contributed by atoms with Gasteiger partial charge in [-0.25, -0.2) is 4.79 Å². The Morgan fingerprint density at radius 1 is 0.955 bits per heavy atom. The molecular weight excluding hydrogens is 308 g/mol. The van der Waals surface area contributed by atoms with Crippen molar-refractivity contribution in [2.45, 2.75) is 71.1 Å². The van der Waals surface area contributed by atoms with Crippen LogP contribution in [0.1, 0.15) is 91.9 Å². The lowest BCUT2D eigenvalue weighted by Gasteiger charge is -2.29. The molecule has 0 N–H and O–H groups in total. The van der Waals surface area contributed by atoms with Gasteiger partial charge >= 0.3 is 5.97 Å². The quantitative estimate of drug-likeness (QED) is 0.583. The minimum Gasteiger partial charge on any atom is -0.465 e. The maximum atomic E-state index is 12.4. The summed E-state index contributed by atoms with van der Waals surface area (Å²) in [7, 11) is 2.44. The third-order valence-electron chi connectivity index (χ3n) is 4.16. The minimum absolute atomic E-state index is 0.199. The molecule has 0 saturated carbocycles. The van der Waals surface area contributed by atoms with Gasteiger partial charge in [-0.15, -0.1) is 0 Å². The molecule has 1 aromatic rings. The molecule has 0 atom stereocenters. The number of benzene rings is 1. The molecule has 0 amide bonds. The summed E-state index contributed by atoms with van der Waals surface area (Å²) in [6.07, 6.45) is 0. The first-order chi connectivity index (χ1) is 10.2. The van der Waals surface area contributed by atoms with Crippen LogP contribution in [-0.2, 0) is 4.74 Å². The third-order valence-corrected chi connectivity index (χ3v) is 6.21. The fourth-order valence-corrected chi connectivity index (χ4v) is 5.69. The Bertz CT molecular complexity index is 563. The molecule has 0 unspecified atom stereocenters. The van der Waals surface area contributed by atoms with Gasteiger partial charge in [0.25, 0.3) is 0 Å². The molecule has 0 spiro atoms. The molecule has 1 aromatic carbocycles. The predicted octanol–water partition coefficient (Wildman–Crippen LogP) is 4.52. The van der Waals surface area contributed by atoms with E-state index >= 15 is 0 Å². The smallest absolute Gasteiger partial charge is 0.339 e. The first kappa shape index (κ1) is 19.3. The average Bonchev–Trinajstić information content (AvgIpc) is 2.43. The molecule has 1 rings (SSSR count). The fourth-order valence-electron chi connectivity index (χ4n) is 3.41. The molecule has 0 aliphatic carbocycles. The SMILES string of the molecule is COC(=O)c1c(C)c(C(C)C)c(C(C)C)c(C(C)C)c1S[SiH3]. The van der Waals surface area contributed by atoms with Crippen molar-refractivity contribution in [2.24, 2.45) is 0 Å². The van der Waals surface area contributed by atoms with Crippen molar-refractivity contribution in [3.63, 3.8) is 0 Å². The largest absolute Gasteiger partial charge is 0.465 e. The molecule has 0 fully saturated rings. The molecule has 124 valence electrons. The van der Waals surface area contributed by atoms with E-state index in [0.29, 0.717) is 17.8 Å². The predicted molar refractivity (Wildman–Crippen MR) is 101 cm³/mol. The lowest BCUT2D eigenvalue weighted by atomic mass is 9.79. The van der Waals surface area contributed by atoms with E-state index in [-0.39, 0.29) is 5.97 Å². The summed E-state index contributed by atoms with van der Waals surface area (Å²) in [6.45, 7) is 15.5. The van der Waals surface area contributed by atoms with E-state index in [0.717, 1.165) is 25.4 Å². The Morgan fingerprint density at radius 3 is 1.73 bits per heavy atom. The second-order valence-corrected chi connectivity index (χ2v) is 8.77. The third kappa shape index (κ3) is 3.43. The summed E-state index contributed by atoms with van der Waals surface area (Å²) in [5.41, 5.74) is 6.02. The van der Waals surface area contributed by atoms with Crippen LogP contribution < -0.4 is 0 Å². The minimum atomic E-state index is -0.199. The number of hydrogen-bond donors (Lipinski definition) is 0. The zero-order valence-electron chi connectivity index (χ0n) is 15.5. The lowest BCUT2D eigenvalue weighted by molar-refractivity contribution is 0.0595. The first-order valence-corrected chi connectivity index (χ1v) is 11.7. The summed E-state index contributed by atoms with van der Waals surface area (Å²) in [6, 6.07) is 0. The maximum absolute atomic E-state index is 12.4. The van der Waals surface area contributed by atoms with Crippen LogP contribution in [0.3, 0.4) is 0 Å². The molecule has 2 nitrogen and oxygen atoms in total. The van der Waals surface area contributed by atoms with Crippen molar-refractivity contribution in [3.05, 3.63) is 27.8 Å². The summed E-state index contributed by atoms with van der Waals surface area (Å²) in [4.78, 5) is 13.6. The van der Waals surface area contributed by atoms with Crippen LogP contribution in [0.2, 0.25) is 0 Å². The first-order valence-electron chi connectivity index (χ1n) is 8.01. The molecule has 22 heavy (non-hydrogen) atoms. The fraction of sp³-hybridized carbons (Fsp3) is 0.611. The normalized spacial score (nSPS) is 11.8. The number of methoxy groups -OCH3 is 1. The molecule has 0 radical (unpaired) electrons. The molecule has 4 heteroatoms. The van der Waals surface area contributed by atoms with Gasteiger partial charge in [0.05, 0.1) is 22.1 Å². The van der Waals surface area contributed by atoms with Crippen molar-refractivity contribution in [3.8, 4) is 0 Å². The van der Waals surface area contributed by atoms with Gasteiger partial charge in [0.15, 0.2) is 0 Å². The van der Waals surface area contributed by atoms with Crippen molar-refractivity contribution < 1.29 is 9.53 Å². The van der Waals surface area contributed by atoms with Crippen molar-refractivity contribution in [1.82, 2.24) is 0 Å².